The van der Waals surface area contributed by atoms with E-state index in [1.54, 1.807) is 6.08 Å². The first kappa shape index (κ1) is 37.1. The van der Waals surface area contributed by atoms with Crippen molar-refractivity contribution in [2.75, 3.05) is 0 Å². The second-order valence-corrected chi connectivity index (χ2v) is 10.8. The van der Waals surface area contributed by atoms with E-state index in [0.29, 0.717) is 0 Å². The van der Waals surface area contributed by atoms with Crippen molar-refractivity contribution >= 4 is 11.9 Å². The summed E-state index contributed by atoms with van der Waals surface area (Å²) in [4.78, 5) is 21.2. The molecule has 2 rings (SSSR count). The van der Waals surface area contributed by atoms with E-state index >= 15 is 0 Å². The summed E-state index contributed by atoms with van der Waals surface area (Å²) >= 11 is 0. The van der Waals surface area contributed by atoms with Crippen molar-refractivity contribution < 1.29 is 28.9 Å². The van der Waals surface area contributed by atoms with Crippen LogP contribution < -0.4 is 19.3 Å². The Hall–Kier alpha value is -2.90. The molecule has 8 nitrogen and oxygen atoms in total. The van der Waals surface area contributed by atoms with Gasteiger partial charge in [-0.2, -0.15) is 0 Å². The molecule has 2 aromatic rings. The van der Waals surface area contributed by atoms with Gasteiger partial charge in [0, 0.05) is 17.9 Å². The van der Waals surface area contributed by atoms with Crippen molar-refractivity contribution in [1.82, 2.24) is 9.13 Å². The lowest BCUT2D eigenvalue weighted by molar-refractivity contribution is -0.671. The number of nitrogens with zero attached hydrogens (tertiary/aromatic N) is 4. The Balaban J connectivity index is 0.000000862. The molecule has 2 heterocycles. The first-order valence-electron chi connectivity index (χ1n) is 15.2. The number of carboxylic acids is 2. The summed E-state index contributed by atoms with van der Waals surface area (Å²) in [5, 5.41) is 21.2. The molecule has 1 atom stereocenters. The number of carboxylic acid groups (broad SMARTS) is 2. The fourth-order valence-corrected chi connectivity index (χ4v) is 4.28. The zero-order valence-corrected chi connectivity index (χ0v) is 25.9. The standard InChI is InChI=1S/C22H40O4.2C5H9N2/c1-2-3-4-5-6-7-8-9-10-11-12-13-14-15-16-17-18-20(22(25)26)19-21(23)24;2*1-6-3-4-7(2)5-6/h17-18,20H,2-16,19H2,1H3,(H,23,24)(H,25,26);2*3-5H,1-2H3/q;2*+1/p-2. The Morgan fingerprint density at radius 2 is 1.12 bits per heavy atom. The second-order valence-electron chi connectivity index (χ2n) is 10.8. The summed E-state index contributed by atoms with van der Waals surface area (Å²) in [5.41, 5.74) is 0. The number of aliphatic carboxylic acids is 2. The third-order valence-corrected chi connectivity index (χ3v) is 6.58. The van der Waals surface area contributed by atoms with Crippen molar-refractivity contribution in [3.63, 3.8) is 0 Å². The molecular weight excluding hydrogens is 504 g/mol. The van der Waals surface area contributed by atoms with E-state index in [4.69, 9.17) is 0 Å². The van der Waals surface area contributed by atoms with Crippen molar-refractivity contribution in [1.29, 1.82) is 0 Å². The highest BCUT2D eigenvalue weighted by atomic mass is 16.4. The van der Waals surface area contributed by atoms with Crippen molar-refractivity contribution in [3.05, 3.63) is 49.6 Å². The van der Waals surface area contributed by atoms with Crippen LogP contribution in [0, 0.1) is 5.92 Å². The lowest BCUT2D eigenvalue weighted by Crippen LogP contribution is -2.35. The van der Waals surface area contributed by atoms with Crippen LogP contribution in [0.15, 0.2) is 49.6 Å². The zero-order valence-electron chi connectivity index (χ0n) is 25.9. The number of unbranched alkanes of at least 4 members (excludes halogenated alkanes) is 14. The maximum absolute atomic E-state index is 10.8. The normalized spacial score (nSPS) is 11.4. The number of hydrogen-bond donors (Lipinski definition) is 0. The van der Waals surface area contributed by atoms with Gasteiger partial charge in [0.15, 0.2) is 0 Å². The number of aromatic nitrogens is 4. The van der Waals surface area contributed by atoms with Gasteiger partial charge in [0.05, 0.1) is 28.2 Å². The molecule has 0 radical (unpaired) electrons. The van der Waals surface area contributed by atoms with E-state index in [2.05, 4.69) is 6.92 Å². The maximum atomic E-state index is 10.8. The fourth-order valence-electron chi connectivity index (χ4n) is 4.28. The van der Waals surface area contributed by atoms with Gasteiger partial charge in [-0.05, 0) is 19.3 Å². The third-order valence-electron chi connectivity index (χ3n) is 6.58. The summed E-state index contributed by atoms with van der Waals surface area (Å²) in [7, 11) is 8.00. The Labute approximate surface area is 243 Å². The van der Waals surface area contributed by atoms with Crippen LogP contribution in [0.2, 0.25) is 0 Å². The molecule has 0 N–H and O–H groups in total. The number of imidazole rings is 2. The molecule has 0 saturated heterocycles. The maximum Gasteiger partial charge on any atom is 0.243 e. The molecule has 228 valence electrons. The van der Waals surface area contributed by atoms with Crippen LogP contribution in [-0.4, -0.2) is 21.1 Å². The van der Waals surface area contributed by atoms with Crippen molar-refractivity contribution in [3.8, 4) is 0 Å². The number of aryl methyl sites for hydroxylation is 4. The van der Waals surface area contributed by atoms with Gasteiger partial charge >= 0.3 is 0 Å². The first-order chi connectivity index (χ1) is 19.1. The van der Waals surface area contributed by atoms with Gasteiger partial charge in [0.2, 0.25) is 12.7 Å². The highest BCUT2D eigenvalue weighted by molar-refractivity contribution is 5.77. The van der Waals surface area contributed by atoms with E-state index < -0.39 is 24.3 Å². The first-order valence-corrected chi connectivity index (χ1v) is 15.2. The average molecular weight is 561 g/mol. The predicted molar refractivity (Wildman–Crippen MR) is 155 cm³/mol. The minimum Gasteiger partial charge on any atom is -0.550 e. The predicted octanol–water partition coefficient (Wildman–Crippen LogP) is 3.62. The van der Waals surface area contributed by atoms with Crippen LogP contribution >= 0.6 is 0 Å². The molecular formula is C32H56N4O4. The zero-order chi connectivity index (χ0) is 30.0. The summed E-state index contributed by atoms with van der Waals surface area (Å²) in [6.45, 7) is 2.25. The Bertz CT molecular complexity index is 848. The monoisotopic (exact) mass is 560 g/mol. The van der Waals surface area contributed by atoms with E-state index in [1.807, 2.05) is 83.9 Å². The SMILES string of the molecule is CCCCCCCCCCCCCCCCC=CC(CC(=O)[O-])C(=O)[O-].Cn1cc[n+](C)c1.Cn1cc[n+](C)c1. The highest BCUT2D eigenvalue weighted by Crippen LogP contribution is 2.13. The molecule has 0 aliphatic heterocycles. The van der Waals surface area contributed by atoms with Crippen molar-refractivity contribution in [2.45, 2.75) is 110 Å². The summed E-state index contributed by atoms with van der Waals surface area (Å²) < 4.78 is 8.00. The van der Waals surface area contributed by atoms with Gasteiger partial charge in [-0.3, -0.25) is 0 Å². The third kappa shape index (κ3) is 24.2. The molecule has 1 unspecified atom stereocenters. The van der Waals surface area contributed by atoms with E-state index in [0.717, 1.165) is 19.3 Å². The van der Waals surface area contributed by atoms with Crippen LogP contribution in [-0.2, 0) is 37.8 Å². The van der Waals surface area contributed by atoms with E-state index in [1.165, 1.54) is 83.1 Å². The van der Waals surface area contributed by atoms with E-state index in [9.17, 15) is 19.8 Å². The lowest BCUT2D eigenvalue weighted by atomic mass is 10.0. The largest absolute Gasteiger partial charge is 0.550 e. The average Bonchev–Trinajstić information content (AvgIpc) is 3.48. The van der Waals surface area contributed by atoms with Gasteiger partial charge in [0.25, 0.3) is 0 Å². The molecule has 0 amide bonds. The van der Waals surface area contributed by atoms with Gasteiger partial charge in [-0.15, -0.1) is 0 Å². The molecule has 0 fully saturated rings. The molecule has 0 spiro atoms. The molecule has 40 heavy (non-hydrogen) atoms. The van der Waals surface area contributed by atoms with Crippen LogP contribution in [0.25, 0.3) is 0 Å². The molecule has 0 saturated carbocycles. The lowest BCUT2D eigenvalue weighted by Gasteiger charge is -2.14. The Morgan fingerprint density at radius 1 is 0.725 bits per heavy atom. The number of hydrogen-bond acceptors (Lipinski definition) is 4. The van der Waals surface area contributed by atoms with Crippen LogP contribution in [0.5, 0.6) is 0 Å². The molecule has 0 aliphatic rings. The molecule has 0 aromatic carbocycles. The smallest absolute Gasteiger partial charge is 0.243 e. The Kier molecular flexibility index (Phi) is 23.3. The number of carbonyl (C=O) groups excluding carboxylic acids is 2. The van der Waals surface area contributed by atoms with Crippen molar-refractivity contribution in [2.24, 2.45) is 34.1 Å². The molecule has 0 bridgehead atoms. The summed E-state index contributed by atoms with van der Waals surface area (Å²) in [5.74, 6) is -3.79. The van der Waals surface area contributed by atoms with Gasteiger partial charge in [-0.1, -0.05) is 103 Å². The van der Waals surface area contributed by atoms with Gasteiger partial charge in [-0.25, -0.2) is 18.3 Å². The van der Waals surface area contributed by atoms with Gasteiger partial charge in [0.1, 0.15) is 24.8 Å². The molecule has 8 heteroatoms. The van der Waals surface area contributed by atoms with Crippen LogP contribution in [0.3, 0.4) is 0 Å². The number of rotatable bonds is 19. The molecule has 2 aromatic heterocycles. The topological polar surface area (TPSA) is 97.9 Å². The van der Waals surface area contributed by atoms with E-state index in [-0.39, 0.29) is 0 Å². The minimum absolute atomic E-state index is 0.516. The quantitative estimate of drug-likeness (QED) is 0.149. The second kappa shape index (κ2) is 25.1. The Morgan fingerprint density at radius 3 is 1.40 bits per heavy atom. The van der Waals surface area contributed by atoms with Crippen LogP contribution in [0.4, 0.5) is 0 Å². The summed E-state index contributed by atoms with van der Waals surface area (Å²) in [6, 6.07) is 0. The van der Waals surface area contributed by atoms with Gasteiger partial charge < -0.3 is 19.8 Å². The summed E-state index contributed by atoms with van der Waals surface area (Å²) in [6.07, 6.45) is 33.8. The minimum atomic E-state index is -1.36. The highest BCUT2D eigenvalue weighted by Gasteiger charge is 2.05. The van der Waals surface area contributed by atoms with Crippen LogP contribution in [0.1, 0.15) is 110 Å². The number of allylic oxidation sites excluding steroid dienone is 1. The fraction of sp³-hybridized carbons (Fsp3) is 0.688. The molecule has 0 aliphatic carbocycles. The number of carbonyl (C=O) groups is 2.